The fourth-order valence-electron chi connectivity index (χ4n) is 2.75. The van der Waals surface area contributed by atoms with Crippen LogP contribution >= 0.6 is 11.6 Å². The van der Waals surface area contributed by atoms with Crippen molar-refractivity contribution < 1.29 is 14.3 Å². The molecule has 154 valence electrons. The predicted molar refractivity (Wildman–Crippen MR) is 116 cm³/mol. The second kappa shape index (κ2) is 9.87. The summed E-state index contributed by atoms with van der Waals surface area (Å²) in [5.74, 6) is -0.814. The maximum Gasteiger partial charge on any atom is 0.257 e. The molecule has 0 unspecified atom stereocenters. The van der Waals surface area contributed by atoms with Crippen molar-refractivity contribution in [1.29, 1.82) is 0 Å². The molecule has 7 nitrogen and oxygen atoms in total. The van der Waals surface area contributed by atoms with Gasteiger partial charge in [0.25, 0.3) is 17.4 Å². The van der Waals surface area contributed by atoms with Gasteiger partial charge in [0.15, 0.2) is 0 Å². The van der Waals surface area contributed by atoms with Crippen LogP contribution in [0.15, 0.2) is 71.7 Å². The summed E-state index contributed by atoms with van der Waals surface area (Å²) >= 11 is 5.87. The van der Waals surface area contributed by atoms with E-state index in [1.165, 1.54) is 30.0 Å². The lowest BCUT2D eigenvalue weighted by atomic mass is 10.1. The molecule has 0 radical (unpaired) electrons. The SMILES string of the molecule is COCCn1cc(C(=O)Nc2ccccc2C(=O)Nc2ccc(Cl)cc2)ccc1=O. The van der Waals surface area contributed by atoms with Crippen molar-refractivity contribution in [3.63, 3.8) is 0 Å². The van der Waals surface area contributed by atoms with E-state index in [-0.39, 0.29) is 11.5 Å². The third-order valence-corrected chi connectivity index (χ3v) is 4.56. The first-order chi connectivity index (χ1) is 14.5. The van der Waals surface area contributed by atoms with Crippen molar-refractivity contribution in [3.8, 4) is 0 Å². The summed E-state index contributed by atoms with van der Waals surface area (Å²) in [6.45, 7) is 0.676. The van der Waals surface area contributed by atoms with E-state index >= 15 is 0 Å². The van der Waals surface area contributed by atoms with Gasteiger partial charge >= 0.3 is 0 Å². The fourth-order valence-corrected chi connectivity index (χ4v) is 2.87. The van der Waals surface area contributed by atoms with Gasteiger partial charge in [0.05, 0.1) is 23.4 Å². The minimum Gasteiger partial charge on any atom is -0.383 e. The van der Waals surface area contributed by atoms with Gasteiger partial charge in [0.2, 0.25) is 0 Å². The van der Waals surface area contributed by atoms with Crippen molar-refractivity contribution in [2.75, 3.05) is 24.4 Å². The predicted octanol–water partition coefficient (Wildman–Crippen LogP) is 3.65. The summed E-state index contributed by atoms with van der Waals surface area (Å²) in [5, 5.41) is 6.07. The summed E-state index contributed by atoms with van der Waals surface area (Å²) in [6.07, 6.45) is 1.47. The Bertz CT molecular complexity index is 1110. The highest BCUT2D eigenvalue weighted by atomic mass is 35.5. The van der Waals surface area contributed by atoms with Crippen LogP contribution in [0.5, 0.6) is 0 Å². The Hall–Kier alpha value is -3.42. The maximum absolute atomic E-state index is 12.7. The number of aromatic nitrogens is 1. The number of amides is 2. The highest BCUT2D eigenvalue weighted by Gasteiger charge is 2.15. The van der Waals surface area contributed by atoms with Gasteiger partial charge in [-0.1, -0.05) is 23.7 Å². The highest BCUT2D eigenvalue weighted by molar-refractivity contribution is 6.30. The third kappa shape index (κ3) is 5.34. The monoisotopic (exact) mass is 425 g/mol. The molecule has 30 heavy (non-hydrogen) atoms. The molecule has 0 aliphatic carbocycles. The zero-order chi connectivity index (χ0) is 21.5. The molecular formula is C22H20ClN3O4. The summed E-state index contributed by atoms with van der Waals surface area (Å²) in [5.41, 5.74) is 1.29. The van der Waals surface area contributed by atoms with Gasteiger partial charge < -0.3 is 19.9 Å². The molecule has 0 saturated carbocycles. The molecule has 0 saturated heterocycles. The fraction of sp³-hybridized carbons (Fsp3) is 0.136. The molecule has 1 heterocycles. The second-order valence-corrected chi connectivity index (χ2v) is 6.84. The van der Waals surface area contributed by atoms with E-state index in [0.717, 1.165) is 0 Å². The quantitative estimate of drug-likeness (QED) is 0.604. The summed E-state index contributed by atoms with van der Waals surface area (Å²) < 4.78 is 6.38. The minimum atomic E-state index is -0.437. The number of methoxy groups -OCH3 is 1. The number of rotatable bonds is 7. The normalized spacial score (nSPS) is 10.5. The Morgan fingerprint density at radius 2 is 1.70 bits per heavy atom. The van der Waals surface area contributed by atoms with Crippen molar-refractivity contribution in [2.24, 2.45) is 0 Å². The molecule has 3 rings (SSSR count). The average Bonchev–Trinajstić information content (AvgIpc) is 2.75. The summed E-state index contributed by atoms with van der Waals surface area (Å²) in [6, 6.07) is 16.1. The molecule has 2 amide bonds. The largest absolute Gasteiger partial charge is 0.383 e. The van der Waals surface area contributed by atoms with Crippen LogP contribution in [0.1, 0.15) is 20.7 Å². The summed E-state index contributed by atoms with van der Waals surface area (Å²) in [4.78, 5) is 37.3. The Morgan fingerprint density at radius 3 is 2.43 bits per heavy atom. The lowest BCUT2D eigenvalue weighted by Gasteiger charge is -2.12. The number of halogens is 1. The number of nitrogens with one attached hydrogen (secondary N) is 2. The average molecular weight is 426 g/mol. The number of para-hydroxylation sites is 1. The number of carbonyl (C=O) groups is 2. The van der Waals surface area contributed by atoms with Crippen LogP contribution in [-0.2, 0) is 11.3 Å². The zero-order valence-electron chi connectivity index (χ0n) is 16.2. The summed E-state index contributed by atoms with van der Waals surface area (Å²) in [7, 11) is 1.54. The van der Waals surface area contributed by atoms with E-state index in [2.05, 4.69) is 10.6 Å². The van der Waals surface area contributed by atoms with Gasteiger partial charge in [-0.2, -0.15) is 0 Å². The number of pyridine rings is 1. The maximum atomic E-state index is 12.7. The van der Waals surface area contributed by atoms with Crippen molar-refractivity contribution in [3.05, 3.63) is 93.4 Å². The van der Waals surface area contributed by atoms with Gasteiger partial charge in [-0.25, -0.2) is 0 Å². The molecule has 2 aromatic carbocycles. The Labute approximate surface area is 178 Å². The molecule has 0 fully saturated rings. The van der Waals surface area contributed by atoms with Crippen molar-refractivity contribution in [1.82, 2.24) is 4.57 Å². The molecule has 0 aliphatic heterocycles. The van der Waals surface area contributed by atoms with Crippen LogP contribution in [0.2, 0.25) is 5.02 Å². The van der Waals surface area contributed by atoms with Gasteiger partial charge in [-0.05, 0) is 42.5 Å². The molecule has 0 aliphatic rings. The Kier molecular flexibility index (Phi) is 7.00. The minimum absolute atomic E-state index is 0.230. The second-order valence-electron chi connectivity index (χ2n) is 6.40. The molecule has 8 heteroatoms. The number of carbonyl (C=O) groups excluding carboxylic acids is 2. The molecule has 3 aromatic rings. The van der Waals surface area contributed by atoms with E-state index in [1.807, 2.05) is 0 Å². The molecular weight excluding hydrogens is 406 g/mol. The van der Waals surface area contributed by atoms with Crippen LogP contribution < -0.4 is 16.2 Å². The van der Waals surface area contributed by atoms with Crippen molar-refractivity contribution in [2.45, 2.75) is 6.54 Å². The highest BCUT2D eigenvalue weighted by Crippen LogP contribution is 2.19. The number of ether oxygens (including phenoxy) is 1. The Morgan fingerprint density at radius 1 is 0.967 bits per heavy atom. The molecule has 0 bridgehead atoms. The number of nitrogens with zero attached hydrogens (tertiary/aromatic N) is 1. The van der Waals surface area contributed by atoms with Crippen LogP contribution in [0.3, 0.4) is 0 Å². The Balaban J connectivity index is 1.79. The first-order valence-corrected chi connectivity index (χ1v) is 9.52. The smallest absolute Gasteiger partial charge is 0.257 e. The molecule has 2 N–H and O–H groups in total. The number of benzene rings is 2. The van der Waals surface area contributed by atoms with Crippen LogP contribution in [0, 0.1) is 0 Å². The molecule has 0 spiro atoms. The number of anilines is 2. The van der Waals surface area contributed by atoms with Gasteiger partial charge in [0.1, 0.15) is 0 Å². The van der Waals surface area contributed by atoms with Gasteiger partial charge in [-0.3, -0.25) is 14.4 Å². The number of hydrogen-bond donors (Lipinski definition) is 2. The lowest BCUT2D eigenvalue weighted by molar-refractivity contribution is 0.102. The van der Waals surface area contributed by atoms with E-state index in [1.54, 1.807) is 48.5 Å². The topological polar surface area (TPSA) is 89.4 Å². The lowest BCUT2D eigenvalue weighted by Crippen LogP contribution is -2.24. The van der Waals surface area contributed by atoms with Gasteiger partial charge in [0, 0.05) is 36.6 Å². The first kappa shape index (κ1) is 21.3. The van der Waals surface area contributed by atoms with Crippen LogP contribution in [-0.4, -0.2) is 30.1 Å². The zero-order valence-corrected chi connectivity index (χ0v) is 17.0. The standard InChI is InChI=1S/C22H20ClN3O4/c1-30-13-12-26-14-15(6-11-20(26)27)21(28)25-19-5-3-2-4-18(19)22(29)24-17-9-7-16(23)8-10-17/h2-11,14H,12-13H2,1H3,(H,24,29)(H,25,28). The third-order valence-electron chi connectivity index (χ3n) is 4.30. The molecule has 0 atom stereocenters. The van der Waals surface area contributed by atoms with Crippen LogP contribution in [0.25, 0.3) is 0 Å². The molecule has 1 aromatic heterocycles. The van der Waals surface area contributed by atoms with E-state index in [9.17, 15) is 14.4 Å². The van der Waals surface area contributed by atoms with Gasteiger partial charge in [-0.15, -0.1) is 0 Å². The van der Waals surface area contributed by atoms with Crippen molar-refractivity contribution >= 4 is 34.8 Å². The van der Waals surface area contributed by atoms with E-state index in [4.69, 9.17) is 16.3 Å². The number of hydrogen-bond acceptors (Lipinski definition) is 4. The van der Waals surface area contributed by atoms with E-state index in [0.29, 0.717) is 40.7 Å². The van der Waals surface area contributed by atoms with Crippen LogP contribution in [0.4, 0.5) is 11.4 Å². The first-order valence-electron chi connectivity index (χ1n) is 9.14. The van der Waals surface area contributed by atoms with E-state index < -0.39 is 5.91 Å².